The van der Waals surface area contributed by atoms with Crippen molar-refractivity contribution in [2.75, 3.05) is 13.2 Å². The molecule has 2 heterocycles. The molecule has 7 nitrogen and oxygen atoms in total. The molecule has 1 aromatic heterocycles. The summed E-state index contributed by atoms with van der Waals surface area (Å²) in [5.41, 5.74) is 3.99. The van der Waals surface area contributed by atoms with E-state index in [1.54, 1.807) is 6.92 Å². The van der Waals surface area contributed by atoms with Crippen molar-refractivity contribution >= 4 is 12.0 Å². The molecule has 2 amide bonds. The maximum atomic E-state index is 13.5. The van der Waals surface area contributed by atoms with Gasteiger partial charge in [-0.3, -0.25) is 4.79 Å². The number of nitrogens with zero attached hydrogens (tertiary/aromatic N) is 1. The van der Waals surface area contributed by atoms with Crippen molar-refractivity contribution in [2.24, 2.45) is 5.92 Å². The van der Waals surface area contributed by atoms with Crippen molar-refractivity contribution < 1.29 is 29.0 Å². The molecule has 1 aliphatic rings. The molecular weight excluding hydrogens is 482 g/mol. The van der Waals surface area contributed by atoms with Gasteiger partial charge in [0.1, 0.15) is 24.2 Å². The molecule has 38 heavy (non-hydrogen) atoms. The smallest absolute Gasteiger partial charge is 0.416 e. The lowest BCUT2D eigenvalue weighted by Gasteiger charge is -2.25. The van der Waals surface area contributed by atoms with Gasteiger partial charge < -0.3 is 19.4 Å². The summed E-state index contributed by atoms with van der Waals surface area (Å²) >= 11 is 0. The number of aryl methyl sites for hydroxylation is 2. The van der Waals surface area contributed by atoms with Gasteiger partial charge in [0.05, 0.1) is 12.0 Å². The van der Waals surface area contributed by atoms with Gasteiger partial charge in [-0.05, 0) is 43.4 Å². The van der Waals surface area contributed by atoms with Crippen LogP contribution in [-0.2, 0) is 22.4 Å². The Balaban J connectivity index is 1.53. The Morgan fingerprint density at radius 1 is 1.05 bits per heavy atom. The van der Waals surface area contributed by atoms with E-state index in [-0.39, 0.29) is 13.2 Å². The maximum absolute atomic E-state index is 13.5. The highest BCUT2D eigenvalue weighted by Crippen LogP contribution is 2.35. The molecule has 3 atom stereocenters. The van der Waals surface area contributed by atoms with Gasteiger partial charge in [-0.15, -0.1) is 0 Å². The van der Waals surface area contributed by atoms with E-state index in [2.05, 4.69) is 6.07 Å². The molecule has 2 aromatic carbocycles. The first kappa shape index (κ1) is 27.6. The predicted molar refractivity (Wildman–Crippen MR) is 144 cm³/mol. The average molecular weight is 520 g/mol. The monoisotopic (exact) mass is 519 g/mol. The number of carbonyl (C=O) groups is 2. The Labute approximate surface area is 224 Å². The van der Waals surface area contributed by atoms with Crippen LogP contribution in [0.4, 0.5) is 4.79 Å². The number of hydrogen-bond acceptors (Lipinski definition) is 6. The number of amides is 2. The van der Waals surface area contributed by atoms with Gasteiger partial charge in [0, 0.05) is 18.6 Å². The first-order chi connectivity index (χ1) is 18.4. The number of unbranched alkanes of at least 4 members (excludes halogenated alkanes) is 3. The van der Waals surface area contributed by atoms with Crippen LogP contribution in [0.3, 0.4) is 0 Å². The number of carbonyl (C=O) groups excluding carboxylic acids is 2. The quantitative estimate of drug-likeness (QED) is 0.302. The summed E-state index contributed by atoms with van der Waals surface area (Å²) in [6.45, 7) is 3.95. The van der Waals surface area contributed by atoms with E-state index in [0.717, 1.165) is 58.6 Å². The predicted octanol–water partition coefficient (Wildman–Crippen LogP) is 5.61. The van der Waals surface area contributed by atoms with Gasteiger partial charge in [0.15, 0.2) is 0 Å². The van der Waals surface area contributed by atoms with Crippen molar-refractivity contribution in [3.63, 3.8) is 0 Å². The van der Waals surface area contributed by atoms with Crippen LogP contribution in [0, 0.1) is 12.8 Å². The highest BCUT2D eigenvalue weighted by Gasteiger charge is 2.42. The minimum absolute atomic E-state index is 0.126. The van der Waals surface area contributed by atoms with Crippen molar-refractivity contribution in [3.05, 3.63) is 83.3 Å². The minimum Gasteiger partial charge on any atom is -0.463 e. The third-order valence-corrected chi connectivity index (χ3v) is 7.14. The summed E-state index contributed by atoms with van der Waals surface area (Å²) in [4.78, 5) is 27.1. The van der Waals surface area contributed by atoms with Gasteiger partial charge in [0.25, 0.3) is 0 Å². The molecule has 202 valence electrons. The molecule has 1 aliphatic heterocycles. The number of aliphatic hydroxyl groups excluding tert-OH is 2. The number of ether oxygens (including phenoxy) is 1. The second kappa shape index (κ2) is 12.9. The molecule has 0 spiro atoms. The van der Waals surface area contributed by atoms with Gasteiger partial charge in [-0.25, -0.2) is 9.69 Å². The van der Waals surface area contributed by atoms with Crippen molar-refractivity contribution in [1.82, 2.24) is 4.90 Å². The largest absolute Gasteiger partial charge is 0.463 e. The highest BCUT2D eigenvalue weighted by atomic mass is 16.6. The van der Waals surface area contributed by atoms with Crippen LogP contribution in [0.15, 0.2) is 65.1 Å². The van der Waals surface area contributed by atoms with Crippen LogP contribution in [0.25, 0.3) is 11.1 Å². The molecule has 0 bridgehead atoms. The number of benzene rings is 2. The number of furan rings is 1. The Bertz CT molecular complexity index is 1220. The lowest BCUT2D eigenvalue weighted by molar-refractivity contribution is -0.137. The van der Waals surface area contributed by atoms with E-state index in [1.807, 2.05) is 61.5 Å². The third kappa shape index (κ3) is 6.52. The summed E-state index contributed by atoms with van der Waals surface area (Å²) < 4.78 is 11.4. The number of imide groups is 1. The van der Waals surface area contributed by atoms with Crippen molar-refractivity contribution in [3.8, 4) is 11.1 Å². The molecule has 0 saturated carbocycles. The topological polar surface area (TPSA) is 100 Å². The SMILES string of the molecule is Cc1cccc(-c2cc([C@@H](O)[C@H](C)C(=O)N3C(=O)OC[C@@H]3Cc3ccccc3)oc2CCCCCCO)c1. The van der Waals surface area contributed by atoms with Crippen LogP contribution in [0.5, 0.6) is 0 Å². The summed E-state index contributed by atoms with van der Waals surface area (Å²) in [5, 5.41) is 20.3. The molecule has 0 aliphatic carbocycles. The molecule has 0 radical (unpaired) electrons. The number of aliphatic hydroxyl groups is 2. The Morgan fingerprint density at radius 2 is 1.82 bits per heavy atom. The minimum atomic E-state index is -1.22. The number of hydrogen-bond donors (Lipinski definition) is 2. The van der Waals surface area contributed by atoms with Crippen LogP contribution in [0.2, 0.25) is 0 Å². The molecular formula is C31H37NO6. The standard InChI is InChI=1S/C31H37NO6/c1-21-11-10-14-24(17-21)26-19-28(38-27(26)15-8-3-4-9-16-33)29(34)22(2)30(35)32-25(20-37-31(32)36)18-23-12-6-5-7-13-23/h5-7,10-14,17,19,22,25,29,33-34H,3-4,8-9,15-16,18,20H2,1-2H3/t22-,25-,29-/m0/s1. The average Bonchev–Trinajstić information content (AvgIpc) is 3.51. The maximum Gasteiger partial charge on any atom is 0.416 e. The van der Waals surface area contributed by atoms with Crippen molar-refractivity contribution in [1.29, 1.82) is 0 Å². The van der Waals surface area contributed by atoms with Gasteiger partial charge in [-0.1, -0.05) is 79.9 Å². The van der Waals surface area contributed by atoms with Gasteiger partial charge >= 0.3 is 6.09 Å². The zero-order valence-corrected chi connectivity index (χ0v) is 22.1. The van der Waals surface area contributed by atoms with Crippen LogP contribution >= 0.6 is 0 Å². The van der Waals surface area contributed by atoms with E-state index in [4.69, 9.17) is 14.3 Å². The summed E-state index contributed by atoms with van der Waals surface area (Å²) in [6.07, 6.45) is 2.82. The first-order valence-electron chi connectivity index (χ1n) is 13.4. The lowest BCUT2D eigenvalue weighted by Crippen LogP contribution is -2.44. The fourth-order valence-electron chi connectivity index (χ4n) is 4.96. The summed E-state index contributed by atoms with van der Waals surface area (Å²) in [7, 11) is 0. The second-order valence-electron chi connectivity index (χ2n) is 10.1. The molecule has 0 unspecified atom stereocenters. The van der Waals surface area contributed by atoms with E-state index >= 15 is 0 Å². The van der Waals surface area contributed by atoms with Crippen molar-refractivity contribution in [2.45, 2.75) is 64.5 Å². The van der Waals surface area contributed by atoms with E-state index in [1.165, 1.54) is 0 Å². The lowest BCUT2D eigenvalue weighted by atomic mass is 9.97. The fourth-order valence-corrected chi connectivity index (χ4v) is 4.96. The normalized spacial score (nSPS) is 16.9. The van der Waals surface area contributed by atoms with Gasteiger partial charge in [0.2, 0.25) is 5.91 Å². The van der Waals surface area contributed by atoms with E-state index in [9.17, 15) is 14.7 Å². The Hall–Kier alpha value is -3.42. The first-order valence-corrected chi connectivity index (χ1v) is 13.4. The summed E-state index contributed by atoms with van der Waals surface area (Å²) in [5.74, 6) is -0.330. The Kier molecular flexibility index (Phi) is 9.37. The zero-order chi connectivity index (χ0) is 27.1. The van der Waals surface area contributed by atoms with Crippen LogP contribution in [-0.4, -0.2) is 46.4 Å². The molecule has 7 heteroatoms. The molecule has 1 fully saturated rings. The van der Waals surface area contributed by atoms with Crippen LogP contribution in [0.1, 0.15) is 61.4 Å². The van der Waals surface area contributed by atoms with Crippen LogP contribution < -0.4 is 0 Å². The fraction of sp³-hybridized carbons (Fsp3) is 0.419. The zero-order valence-electron chi connectivity index (χ0n) is 22.1. The summed E-state index contributed by atoms with van der Waals surface area (Å²) in [6, 6.07) is 19.1. The number of rotatable bonds is 12. The second-order valence-corrected chi connectivity index (χ2v) is 10.1. The molecule has 3 aromatic rings. The number of cyclic esters (lactones) is 1. The van der Waals surface area contributed by atoms with Gasteiger partial charge in [-0.2, -0.15) is 0 Å². The Morgan fingerprint density at radius 3 is 2.55 bits per heavy atom. The highest BCUT2D eigenvalue weighted by molar-refractivity contribution is 5.95. The van der Waals surface area contributed by atoms with E-state index in [0.29, 0.717) is 18.6 Å². The molecule has 2 N–H and O–H groups in total. The van der Waals surface area contributed by atoms with E-state index < -0.39 is 30.1 Å². The molecule has 1 saturated heterocycles. The molecule has 4 rings (SSSR count). The third-order valence-electron chi connectivity index (χ3n) is 7.14.